The smallest absolute Gasteiger partial charge is 0.326 e. The molecule has 1 saturated heterocycles. The Morgan fingerprint density at radius 1 is 1.00 bits per heavy atom. The number of nitrogens with zero attached hydrogens (tertiary/aromatic N) is 1. The van der Waals surface area contributed by atoms with Crippen molar-refractivity contribution in [1.29, 1.82) is 0 Å². The van der Waals surface area contributed by atoms with Gasteiger partial charge in [0.1, 0.15) is 35.1 Å². The van der Waals surface area contributed by atoms with Gasteiger partial charge in [-0.25, -0.2) is 9.59 Å². The maximum atomic E-state index is 13.6. The fourth-order valence-electron chi connectivity index (χ4n) is 7.27. The minimum absolute atomic E-state index is 0.0508. The number of carbonyl (C=O) groups excluding carboxylic acids is 4. The van der Waals surface area contributed by atoms with Gasteiger partial charge in [0.2, 0.25) is 0 Å². The molecule has 1 aromatic rings. The van der Waals surface area contributed by atoms with Gasteiger partial charge in [0.25, 0.3) is 11.8 Å². The van der Waals surface area contributed by atoms with Crippen molar-refractivity contribution in [3.8, 4) is 11.5 Å². The van der Waals surface area contributed by atoms with Crippen LogP contribution in [-0.4, -0.2) is 121 Å². The van der Waals surface area contributed by atoms with Crippen LogP contribution < -0.4 is 15.4 Å². The second-order valence-electron chi connectivity index (χ2n) is 12.1. The van der Waals surface area contributed by atoms with Crippen molar-refractivity contribution >= 4 is 54.2 Å². The normalized spacial score (nSPS) is 27.5. The number of hydrogen-bond donors (Lipinski definition) is 7. The number of aliphatic hydroxyl groups excluding tert-OH is 2. The van der Waals surface area contributed by atoms with Crippen LogP contribution in [0.2, 0.25) is 0 Å². The number of carboxylic acid groups (broad SMARTS) is 2. The van der Waals surface area contributed by atoms with Crippen LogP contribution in [0.25, 0.3) is 0 Å². The van der Waals surface area contributed by atoms with E-state index in [1.807, 2.05) is 17.3 Å². The van der Waals surface area contributed by atoms with Gasteiger partial charge in [-0.2, -0.15) is 0 Å². The molecule has 1 spiro atoms. The minimum atomic E-state index is -1.74. The van der Waals surface area contributed by atoms with Crippen molar-refractivity contribution in [2.24, 2.45) is 0 Å². The molecule has 2 bridgehead atoms. The number of hydrogen-bond acceptors (Lipinski definition) is 13. The summed E-state index contributed by atoms with van der Waals surface area (Å²) in [5.74, 6) is -10.6. The van der Waals surface area contributed by atoms with E-state index < -0.39 is 95.5 Å². The highest BCUT2D eigenvalue weighted by Gasteiger charge is 2.74. The molecular formula is C29H35N3O14P2. The number of carboxylic acids is 2. The minimum Gasteiger partial charge on any atom is -0.504 e. The van der Waals surface area contributed by atoms with Gasteiger partial charge in [-0.3, -0.25) is 24.1 Å². The van der Waals surface area contributed by atoms with Crippen LogP contribution in [0.4, 0.5) is 0 Å². The zero-order valence-corrected chi connectivity index (χ0v) is 27.8. The van der Waals surface area contributed by atoms with Gasteiger partial charge in [0, 0.05) is 12.0 Å². The number of benzene rings is 1. The summed E-state index contributed by atoms with van der Waals surface area (Å²) in [6.07, 6.45) is -0.806. The lowest BCUT2D eigenvalue weighted by Gasteiger charge is -2.62. The first kappa shape index (κ1) is 35.4. The summed E-state index contributed by atoms with van der Waals surface area (Å²) >= 11 is 0. The Morgan fingerprint density at radius 2 is 1.58 bits per heavy atom. The first-order chi connectivity index (χ1) is 22.5. The zero-order valence-electron chi connectivity index (χ0n) is 25.5. The third-order valence-electron chi connectivity index (χ3n) is 9.35. The Morgan fingerprint density at radius 3 is 2.15 bits per heavy atom. The highest BCUT2D eigenvalue weighted by molar-refractivity contribution is 7.19. The van der Waals surface area contributed by atoms with Gasteiger partial charge in [0.15, 0.2) is 17.6 Å². The Hall–Kier alpha value is -3.88. The number of esters is 2. The van der Waals surface area contributed by atoms with E-state index in [2.05, 4.69) is 5.32 Å². The number of aromatic hydroxyl groups is 1. The van der Waals surface area contributed by atoms with Crippen molar-refractivity contribution in [2.45, 2.75) is 79.0 Å². The van der Waals surface area contributed by atoms with Crippen molar-refractivity contribution in [3.63, 3.8) is 0 Å². The molecule has 48 heavy (non-hydrogen) atoms. The van der Waals surface area contributed by atoms with E-state index >= 15 is 0 Å². The van der Waals surface area contributed by atoms with Crippen molar-refractivity contribution in [2.75, 3.05) is 13.6 Å². The van der Waals surface area contributed by atoms with Gasteiger partial charge in [-0.15, -0.1) is 0 Å². The molecule has 0 aromatic heterocycles. The number of piperidine rings is 1. The summed E-state index contributed by atoms with van der Waals surface area (Å²) in [6, 6.07) is -0.808. The number of carbonyl (C=O) groups is 6. The van der Waals surface area contributed by atoms with E-state index in [4.69, 9.17) is 14.2 Å². The Kier molecular flexibility index (Phi) is 9.74. The summed E-state index contributed by atoms with van der Waals surface area (Å²) in [5, 5.41) is 53.2. The molecule has 260 valence electrons. The van der Waals surface area contributed by atoms with Crippen LogP contribution in [0.15, 0.2) is 24.0 Å². The first-order valence-corrected chi connectivity index (χ1v) is 16.1. The fraction of sp³-hybridized carbons (Fsp3) is 0.517. The molecule has 4 unspecified atom stereocenters. The van der Waals surface area contributed by atoms with Gasteiger partial charge in [0.05, 0.1) is 24.3 Å². The van der Waals surface area contributed by atoms with E-state index in [-0.39, 0.29) is 30.1 Å². The van der Waals surface area contributed by atoms with Gasteiger partial charge in [-0.1, -0.05) is 24.5 Å². The zero-order chi connectivity index (χ0) is 35.3. The lowest BCUT2D eigenvalue weighted by atomic mass is 9.50. The van der Waals surface area contributed by atoms with E-state index in [1.54, 1.807) is 24.5 Å². The summed E-state index contributed by atoms with van der Waals surface area (Å²) < 4.78 is 18.3. The van der Waals surface area contributed by atoms with E-state index in [0.29, 0.717) is 18.5 Å². The van der Waals surface area contributed by atoms with Crippen LogP contribution in [0.5, 0.6) is 11.5 Å². The van der Waals surface area contributed by atoms with E-state index in [0.717, 1.165) is 5.56 Å². The standard InChI is InChI=1S/C29H35N3O14P2/c1-32-7-6-28-19-11-2-3-14(33)20(19)45-21(28)15(44-17(34)9-12(24(38)39)30-22(36)26(42)47)4-5-29(28,16(32)8-11)46-18(35)10-13(25(40)41)31-23(37)27(43)48/h2-4,12-13,16,21,26-27,33,42-43H,5-10,47-48H2,1H3,(H,30,36)(H,31,37)(H,38,39)(H,40,41)/t12-,13-,16+,21?,26-,27-,28?,29+/m0/s1. The summed E-state index contributed by atoms with van der Waals surface area (Å²) in [7, 11) is 5.42. The van der Waals surface area contributed by atoms with Crippen LogP contribution in [0.1, 0.15) is 36.8 Å². The summed E-state index contributed by atoms with van der Waals surface area (Å²) in [6.45, 7) is 0.448. The monoisotopic (exact) mass is 711 g/mol. The van der Waals surface area contributed by atoms with Gasteiger partial charge in [-0.05, 0) is 44.1 Å². The van der Waals surface area contributed by atoms with Crippen LogP contribution in [0, 0.1) is 0 Å². The average molecular weight is 712 g/mol. The molecular weight excluding hydrogens is 676 g/mol. The maximum Gasteiger partial charge on any atom is 0.326 e. The largest absolute Gasteiger partial charge is 0.504 e. The van der Waals surface area contributed by atoms with Crippen molar-refractivity contribution in [3.05, 3.63) is 35.1 Å². The lowest BCUT2D eigenvalue weighted by Crippen LogP contribution is -2.75. The Labute approximate surface area is 277 Å². The van der Waals surface area contributed by atoms with Crippen molar-refractivity contribution < 1.29 is 68.5 Å². The quantitative estimate of drug-likeness (QED) is 0.0920. The number of phenols is 1. The SMILES string of the molecule is CN1CCC23c4c5ccc(O)c4OC2C(OC(=O)C[C@H](NC(=O)[C@@H](O)P)C(=O)O)=CC[C@@]3(OC(=O)C[C@H](NC(=O)[C@@H](O)P)C(=O)O)[C@H]1C5. The van der Waals surface area contributed by atoms with Crippen LogP contribution >= 0.6 is 18.5 Å². The van der Waals surface area contributed by atoms with Crippen LogP contribution in [0.3, 0.4) is 0 Å². The topological polar surface area (TPSA) is 259 Å². The number of likely N-dealkylation sites (tertiary alicyclic amines) is 1. The summed E-state index contributed by atoms with van der Waals surface area (Å²) in [4.78, 5) is 76.3. The van der Waals surface area contributed by atoms with Gasteiger partial charge >= 0.3 is 23.9 Å². The number of aliphatic carboxylic acids is 2. The first-order valence-electron chi connectivity index (χ1n) is 14.8. The highest BCUT2D eigenvalue weighted by Crippen LogP contribution is 2.66. The average Bonchev–Trinajstić information content (AvgIpc) is 3.36. The second kappa shape index (κ2) is 13.2. The highest BCUT2D eigenvalue weighted by atomic mass is 31.0. The molecule has 0 radical (unpaired) electrons. The molecule has 1 aromatic carbocycles. The molecule has 0 saturated carbocycles. The van der Waals surface area contributed by atoms with Gasteiger partial charge < -0.3 is 50.4 Å². The Bertz CT molecular complexity index is 1600. The fourth-order valence-corrected chi connectivity index (χ4v) is 7.46. The molecule has 1 fully saturated rings. The number of phenolic OH excluding ortho intramolecular Hbond substituents is 1. The maximum absolute atomic E-state index is 13.6. The third kappa shape index (κ3) is 5.98. The molecule has 2 aliphatic heterocycles. The van der Waals surface area contributed by atoms with E-state index in [9.17, 15) is 54.3 Å². The second-order valence-corrected chi connectivity index (χ2v) is 13.4. The molecule has 2 amide bonds. The lowest BCUT2D eigenvalue weighted by molar-refractivity contribution is -0.207. The number of likely N-dealkylation sites (N-methyl/N-ethyl adjacent to an activating group) is 1. The van der Waals surface area contributed by atoms with Crippen LogP contribution in [-0.2, 0) is 50.1 Å². The molecule has 10 atom stereocenters. The summed E-state index contributed by atoms with van der Waals surface area (Å²) in [5.41, 5.74) is -1.42. The van der Waals surface area contributed by atoms with E-state index in [1.165, 1.54) is 12.1 Å². The molecule has 7 N–H and O–H groups in total. The third-order valence-corrected chi connectivity index (χ3v) is 9.96. The predicted molar refractivity (Wildman–Crippen MR) is 166 cm³/mol. The number of aliphatic hydroxyl groups is 2. The number of amides is 2. The number of rotatable bonds is 12. The molecule has 4 aliphatic rings. The molecule has 2 aliphatic carbocycles. The molecule has 5 rings (SSSR count). The molecule has 19 heteroatoms. The number of nitrogens with one attached hydrogen (secondary N) is 2. The predicted octanol–water partition coefficient (Wildman–Crippen LogP) is -1.93. The number of ether oxygens (including phenoxy) is 3. The van der Waals surface area contributed by atoms with Crippen molar-refractivity contribution in [1.82, 2.24) is 15.5 Å². The molecule has 2 heterocycles. The molecule has 17 nitrogen and oxygen atoms in total. The Balaban J connectivity index is 1.51.